The average molecular weight is 265 g/mol. The molecule has 0 bridgehead atoms. The number of halogens is 1. The van der Waals surface area contributed by atoms with E-state index in [1.54, 1.807) is 12.1 Å². The number of aromatic nitrogens is 2. The van der Waals surface area contributed by atoms with Gasteiger partial charge in [0, 0.05) is 5.39 Å². The van der Waals surface area contributed by atoms with Crippen molar-refractivity contribution >= 4 is 39.9 Å². The van der Waals surface area contributed by atoms with Crippen LogP contribution in [0.2, 0.25) is 5.02 Å². The molecule has 0 unspecified atom stereocenters. The summed E-state index contributed by atoms with van der Waals surface area (Å²) in [5, 5.41) is 4.91. The van der Waals surface area contributed by atoms with Gasteiger partial charge in [0.1, 0.15) is 4.88 Å². The number of nitrogens with zero attached hydrogens (tertiary/aromatic N) is 2. The van der Waals surface area contributed by atoms with Crippen LogP contribution < -0.4 is 0 Å². The van der Waals surface area contributed by atoms with Gasteiger partial charge in [-0.05, 0) is 23.7 Å². The second kappa shape index (κ2) is 3.94. The van der Waals surface area contributed by atoms with Crippen molar-refractivity contribution in [1.82, 2.24) is 9.59 Å². The van der Waals surface area contributed by atoms with Gasteiger partial charge >= 0.3 is 0 Å². The SMILES string of the molecule is O=C(c1cc2cccc(Cl)c2o1)c1cnns1. The average Bonchev–Trinajstić information content (AvgIpc) is 2.98. The molecule has 3 aromatic rings. The molecule has 0 saturated heterocycles. The standard InChI is InChI=1S/C11H5ClN2O2S/c12-7-3-1-2-6-4-8(16-11(6)7)10(15)9-5-13-14-17-9/h1-5H. The van der Waals surface area contributed by atoms with E-state index in [-0.39, 0.29) is 11.5 Å². The van der Waals surface area contributed by atoms with Crippen molar-refractivity contribution in [3.05, 3.63) is 46.1 Å². The molecule has 6 heteroatoms. The number of fused-ring (bicyclic) bond motifs is 1. The predicted octanol–water partition coefficient (Wildman–Crippen LogP) is 3.17. The normalized spacial score (nSPS) is 10.9. The zero-order chi connectivity index (χ0) is 11.8. The van der Waals surface area contributed by atoms with Crippen molar-refractivity contribution < 1.29 is 9.21 Å². The van der Waals surface area contributed by atoms with Crippen LogP contribution in [0.1, 0.15) is 15.4 Å². The first-order valence-electron chi connectivity index (χ1n) is 4.76. The van der Waals surface area contributed by atoms with Gasteiger partial charge in [-0.3, -0.25) is 4.79 Å². The fourth-order valence-electron chi connectivity index (χ4n) is 1.53. The van der Waals surface area contributed by atoms with E-state index in [0.717, 1.165) is 16.9 Å². The van der Waals surface area contributed by atoms with Gasteiger partial charge in [0.25, 0.3) is 0 Å². The first kappa shape index (κ1) is 10.4. The zero-order valence-corrected chi connectivity index (χ0v) is 9.96. The molecule has 2 heterocycles. The highest BCUT2D eigenvalue weighted by Gasteiger charge is 2.17. The smallest absolute Gasteiger partial charge is 0.241 e. The van der Waals surface area contributed by atoms with Gasteiger partial charge in [-0.2, -0.15) is 0 Å². The molecule has 1 aromatic carbocycles. The molecule has 0 radical (unpaired) electrons. The summed E-state index contributed by atoms with van der Waals surface area (Å²) in [5.74, 6) is 0.0198. The maximum absolute atomic E-state index is 12.0. The monoisotopic (exact) mass is 264 g/mol. The molecule has 2 aromatic heterocycles. The van der Waals surface area contributed by atoms with Gasteiger partial charge < -0.3 is 4.42 Å². The van der Waals surface area contributed by atoms with E-state index in [1.807, 2.05) is 12.1 Å². The molecular weight excluding hydrogens is 260 g/mol. The largest absolute Gasteiger partial charge is 0.451 e. The van der Waals surface area contributed by atoms with E-state index in [0.29, 0.717) is 15.5 Å². The molecule has 0 aliphatic heterocycles. The Morgan fingerprint density at radius 1 is 1.41 bits per heavy atom. The van der Waals surface area contributed by atoms with Crippen molar-refractivity contribution in [3.63, 3.8) is 0 Å². The Morgan fingerprint density at radius 3 is 3.00 bits per heavy atom. The second-order valence-corrected chi connectivity index (χ2v) is 4.57. The highest BCUT2D eigenvalue weighted by Crippen LogP contribution is 2.27. The number of hydrogen-bond donors (Lipinski definition) is 0. The number of carbonyl (C=O) groups excluding carboxylic acids is 1. The summed E-state index contributed by atoms with van der Waals surface area (Å²) in [7, 11) is 0. The Bertz CT molecular complexity index is 691. The number of para-hydroxylation sites is 1. The third-order valence-corrected chi connectivity index (χ3v) is 3.27. The van der Waals surface area contributed by atoms with Crippen molar-refractivity contribution in [1.29, 1.82) is 0 Å². The van der Waals surface area contributed by atoms with Crippen LogP contribution in [-0.4, -0.2) is 15.4 Å². The molecular formula is C11H5ClN2O2S. The molecule has 0 N–H and O–H groups in total. The fourth-order valence-corrected chi connectivity index (χ4v) is 2.21. The molecule has 4 nitrogen and oxygen atoms in total. The van der Waals surface area contributed by atoms with Crippen LogP contribution in [-0.2, 0) is 0 Å². The third kappa shape index (κ3) is 1.73. The molecule has 0 saturated carbocycles. The van der Waals surface area contributed by atoms with Gasteiger partial charge in [-0.1, -0.05) is 28.2 Å². The minimum absolute atomic E-state index is 0.229. The molecule has 0 aliphatic carbocycles. The van der Waals surface area contributed by atoms with E-state index in [9.17, 15) is 4.79 Å². The van der Waals surface area contributed by atoms with Crippen molar-refractivity contribution in [3.8, 4) is 0 Å². The number of benzene rings is 1. The lowest BCUT2D eigenvalue weighted by Crippen LogP contribution is -1.95. The lowest BCUT2D eigenvalue weighted by atomic mass is 10.2. The number of hydrogen-bond acceptors (Lipinski definition) is 5. The lowest BCUT2D eigenvalue weighted by Gasteiger charge is -1.90. The van der Waals surface area contributed by atoms with Crippen LogP contribution in [0, 0.1) is 0 Å². The van der Waals surface area contributed by atoms with Gasteiger partial charge in [0.2, 0.25) is 5.78 Å². The Kier molecular flexibility index (Phi) is 2.42. The molecule has 3 rings (SSSR count). The predicted molar refractivity (Wildman–Crippen MR) is 64.6 cm³/mol. The second-order valence-electron chi connectivity index (χ2n) is 3.38. The maximum Gasteiger partial charge on any atom is 0.241 e. The van der Waals surface area contributed by atoms with E-state index >= 15 is 0 Å². The van der Waals surface area contributed by atoms with Crippen molar-refractivity contribution in [2.45, 2.75) is 0 Å². The Hall–Kier alpha value is -1.72. The summed E-state index contributed by atoms with van der Waals surface area (Å²) in [5.41, 5.74) is 0.523. The van der Waals surface area contributed by atoms with E-state index < -0.39 is 0 Å². The Morgan fingerprint density at radius 2 is 2.29 bits per heavy atom. The Balaban J connectivity index is 2.13. The van der Waals surface area contributed by atoms with Gasteiger partial charge in [0.05, 0.1) is 11.2 Å². The van der Waals surface area contributed by atoms with E-state index in [4.69, 9.17) is 16.0 Å². The molecule has 17 heavy (non-hydrogen) atoms. The summed E-state index contributed by atoms with van der Waals surface area (Å²) in [4.78, 5) is 12.4. The fraction of sp³-hybridized carbons (Fsp3) is 0. The molecule has 0 atom stereocenters. The van der Waals surface area contributed by atoms with Gasteiger partial charge in [-0.25, -0.2) is 0 Å². The van der Waals surface area contributed by atoms with Crippen LogP contribution in [0.4, 0.5) is 0 Å². The third-order valence-electron chi connectivity index (χ3n) is 2.30. The number of furan rings is 1. The molecule has 0 fully saturated rings. The van der Waals surface area contributed by atoms with Gasteiger partial charge in [-0.15, -0.1) is 5.10 Å². The molecule has 84 valence electrons. The molecule has 0 spiro atoms. The van der Waals surface area contributed by atoms with E-state index in [1.165, 1.54) is 6.20 Å². The first-order valence-corrected chi connectivity index (χ1v) is 5.91. The van der Waals surface area contributed by atoms with Crippen LogP contribution in [0.5, 0.6) is 0 Å². The minimum atomic E-state index is -0.229. The quantitative estimate of drug-likeness (QED) is 0.667. The van der Waals surface area contributed by atoms with Crippen LogP contribution in [0.25, 0.3) is 11.0 Å². The van der Waals surface area contributed by atoms with Crippen LogP contribution in [0.15, 0.2) is 34.9 Å². The highest BCUT2D eigenvalue weighted by atomic mass is 35.5. The van der Waals surface area contributed by atoms with Crippen LogP contribution >= 0.6 is 23.1 Å². The van der Waals surface area contributed by atoms with Crippen molar-refractivity contribution in [2.75, 3.05) is 0 Å². The Labute approximate surface area is 105 Å². The maximum atomic E-state index is 12.0. The number of carbonyl (C=O) groups is 1. The summed E-state index contributed by atoms with van der Waals surface area (Å²) in [6.07, 6.45) is 1.42. The molecule has 0 amide bonds. The summed E-state index contributed by atoms with van der Waals surface area (Å²) < 4.78 is 9.10. The van der Waals surface area contributed by atoms with Crippen LogP contribution in [0.3, 0.4) is 0 Å². The summed E-state index contributed by atoms with van der Waals surface area (Å²) in [6, 6.07) is 7.04. The summed E-state index contributed by atoms with van der Waals surface area (Å²) in [6.45, 7) is 0. The summed E-state index contributed by atoms with van der Waals surface area (Å²) >= 11 is 7.01. The number of rotatable bonds is 2. The van der Waals surface area contributed by atoms with Gasteiger partial charge in [0.15, 0.2) is 11.3 Å². The lowest BCUT2D eigenvalue weighted by molar-refractivity contribution is 0.101. The zero-order valence-electron chi connectivity index (χ0n) is 8.38. The minimum Gasteiger partial charge on any atom is -0.451 e. The van der Waals surface area contributed by atoms with E-state index in [2.05, 4.69) is 9.59 Å². The first-order chi connectivity index (χ1) is 8.25. The molecule has 0 aliphatic rings. The highest BCUT2D eigenvalue weighted by molar-refractivity contribution is 7.08. The van der Waals surface area contributed by atoms with Crippen molar-refractivity contribution in [2.24, 2.45) is 0 Å². The topological polar surface area (TPSA) is 56.0 Å². The number of ketones is 1.